The highest BCUT2D eigenvalue weighted by molar-refractivity contribution is 9.10. The zero-order valence-electron chi connectivity index (χ0n) is 11.3. The van der Waals surface area contributed by atoms with Crippen molar-refractivity contribution in [3.05, 3.63) is 16.9 Å². The fourth-order valence-corrected chi connectivity index (χ4v) is 2.81. The SMILES string of the molecule is CNCCC1CCN(C(=O)Cn2cc(Br)cn2)CC1. The van der Waals surface area contributed by atoms with E-state index >= 15 is 0 Å². The molecule has 0 bridgehead atoms. The maximum atomic E-state index is 12.1. The number of hydrogen-bond donors (Lipinski definition) is 1. The third-order valence-corrected chi connectivity index (χ3v) is 4.08. The molecule has 1 aliphatic rings. The standard InChI is InChI=1S/C13H21BrN4O/c1-15-5-2-11-3-6-17(7-4-11)13(19)10-18-9-12(14)8-16-18/h8-9,11,15H,2-7,10H2,1H3. The molecule has 1 aromatic rings. The number of piperidine rings is 1. The lowest BCUT2D eigenvalue weighted by molar-refractivity contribution is -0.133. The third kappa shape index (κ3) is 4.31. The first kappa shape index (κ1) is 14.5. The molecule has 6 heteroatoms. The van der Waals surface area contributed by atoms with E-state index in [9.17, 15) is 4.79 Å². The van der Waals surface area contributed by atoms with E-state index in [-0.39, 0.29) is 5.91 Å². The van der Waals surface area contributed by atoms with Crippen LogP contribution in [0.1, 0.15) is 19.3 Å². The van der Waals surface area contributed by atoms with E-state index in [1.165, 1.54) is 6.42 Å². The Labute approximate surface area is 122 Å². The highest BCUT2D eigenvalue weighted by atomic mass is 79.9. The molecule has 2 heterocycles. The number of nitrogens with zero attached hydrogens (tertiary/aromatic N) is 3. The molecule has 1 aromatic heterocycles. The van der Waals surface area contributed by atoms with Gasteiger partial charge in [0.2, 0.25) is 5.91 Å². The predicted octanol–water partition coefficient (Wildman–Crippen LogP) is 1.49. The first-order chi connectivity index (χ1) is 9.19. The summed E-state index contributed by atoms with van der Waals surface area (Å²) in [6, 6.07) is 0. The van der Waals surface area contributed by atoms with Gasteiger partial charge in [-0.3, -0.25) is 9.48 Å². The molecule has 0 saturated carbocycles. The molecule has 0 aromatic carbocycles. The van der Waals surface area contributed by atoms with Crippen LogP contribution in [0.25, 0.3) is 0 Å². The Morgan fingerprint density at radius 3 is 2.84 bits per heavy atom. The average Bonchev–Trinajstić information content (AvgIpc) is 2.82. The fraction of sp³-hybridized carbons (Fsp3) is 0.692. The van der Waals surface area contributed by atoms with Crippen LogP contribution in [0.5, 0.6) is 0 Å². The quantitative estimate of drug-likeness (QED) is 0.891. The van der Waals surface area contributed by atoms with Crippen molar-refractivity contribution < 1.29 is 4.79 Å². The van der Waals surface area contributed by atoms with Gasteiger partial charge in [0.05, 0.1) is 10.7 Å². The van der Waals surface area contributed by atoms with E-state index in [0.29, 0.717) is 6.54 Å². The van der Waals surface area contributed by atoms with Crippen LogP contribution in [0.4, 0.5) is 0 Å². The van der Waals surface area contributed by atoms with Gasteiger partial charge < -0.3 is 10.2 Å². The van der Waals surface area contributed by atoms with E-state index < -0.39 is 0 Å². The topological polar surface area (TPSA) is 50.2 Å². The van der Waals surface area contributed by atoms with Crippen LogP contribution in [0.2, 0.25) is 0 Å². The monoisotopic (exact) mass is 328 g/mol. The van der Waals surface area contributed by atoms with Gasteiger partial charge in [-0.2, -0.15) is 5.10 Å². The molecule has 5 nitrogen and oxygen atoms in total. The Morgan fingerprint density at radius 1 is 1.53 bits per heavy atom. The predicted molar refractivity (Wildman–Crippen MR) is 77.8 cm³/mol. The lowest BCUT2D eigenvalue weighted by atomic mass is 9.93. The van der Waals surface area contributed by atoms with Crippen molar-refractivity contribution >= 4 is 21.8 Å². The van der Waals surface area contributed by atoms with Gasteiger partial charge in [0, 0.05) is 19.3 Å². The molecule has 0 atom stereocenters. The van der Waals surface area contributed by atoms with Crippen molar-refractivity contribution in [3.8, 4) is 0 Å². The van der Waals surface area contributed by atoms with Gasteiger partial charge in [0.25, 0.3) is 0 Å². The number of aromatic nitrogens is 2. The van der Waals surface area contributed by atoms with Crippen LogP contribution in [-0.4, -0.2) is 47.3 Å². The lowest BCUT2D eigenvalue weighted by Gasteiger charge is -2.32. The molecule has 1 amide bonds. The highest BCUT2D eigenvalue weighted by Crippen LogP contribution is 2.20. The van der Waals surface area contributed by atoms with Crippen LogP contribution in [0.15, 0.2) is 16.9 Å². The van der Waals surface area contributed by atoms with Gasteiger partial charge in [0.15, 0.2) is 0 Å². The molecule has 19 heavy (non-hydrogen) atoms. The Kier molecular flexibility index (Phi) is 5.39. The van der Waals surface area contributed by atoms with E-state index in [1.807, 2.05) is 18.1 Å². The maximum Gasteiger partial charge on any atom is 0.244 e. The smallest absolute Gasteiger partial charge is 0.244 e. The Hall–Kier alpha value is -0.880. The second-order valence-corrected chi connectivity index (χ2v) is 5.99. The maximum absolute atomic E-state index is 12.1. The molecular weight excluding hydrogens is 308 g/mol. The molecule has 0 radical (unpaired) electrons. The molecule has 1 N–H and O–H groups in total. The van der Waals surface area contributed by atoms with Gasteiger partial charge in [-0.15, -0.1) is 0 Å². The second-order valence-electron chi connectivity index (χ2n) is 5.07. The number of carbonyl (C=O) groups is 1. The Bertz CT molecular complexity index is 413. The summed E-state index contributed by atoms with van der Waals surface area (Å²) in [5, 5.41) is 7.31. The molecular formula is C13H21BrN4O. The Morgan fingerprint density at radius 2 is 2.26 bits per heavy atom. The number of carbonyl (C=O) groups excluding carboxylic acids is 1. The van der Waals surface area contributed by atoms with Crippen molar-refractivity contribution in [2.45, 2.75) is 25.8 Å². The highest BCUT2D eigenvalue weighted by Gasteiger charge is 2.22. The average molecular weight is 329 g/mol. The summed E-state index contributed by atoms with van der Waals surface area (Å²) in [5.41, 5.74) is 0. The summed E-state index contributed by atoms with van der Waals surface area (Å²) < 4.78 is 2.59. The number of rotatable bonds is 5. The van der Waals surface area contributed by atoms with Crippen LogP contribution in [0.3, 0.4) is 0 Å². The summed E-state index contributed by atoms with van der Waals surface area (Å²) in [7, 11) is 1.99. The second kappa shape index (κ2) is 7.05. The zero-order chi connectivity index (χ0) is 13.7. The zero-order valence-corrected chi connectivity index (χ0v) is 12.9. The largest absolute Gasteiger partial charge is 0.341 e. The molecule has 1 saturated heterocycles. The summed E-state index contributed by atoms with van der Waals surface area (Å²) >= 11 is 3.34. The Balaban J connectivity index is 1.76. The summed E-state index contributed by atoms with van der Waals surface area (Å²) in [6.45, 7) is 3.18. The van der Waals surface area contributed by atoms with E-state index in [1.54, 1.807) is 10.9 Å². The van der Waals surface area contributed by atoms with Gasteiger partial charge in [-0.25, -0.2) is 0 Å². The molecule has 106 valence electrons. The third-order valence-electron chi connectivity index (χ3n) is 3.67. The molecule has 2 rings (SSSR count). The molecule has 0 aliphatic carbocycles. The van der Waals surface area contributed by atoms with Gasteiger partial charge in [-0.05, 0) is 54.7 Å². The minimum Gasteiger partial charge on any atom is -0.341 e. The number of amides is 1. The van der Waals surface area contributed by atoms with Crippen LogP contribution >= 0.6 is 15.9 Å². The van der Waals surface area contributed by atoms with Crippen molar-refractivity contribution in [2.24, 2.45) is 5.92 Å². The lowest BCUT2D eigenvalue weighted by Crippen LogP contribution is -2.40. The number of nitrogens with one attached hydrogen (secondary N) is 1. The first-order valence-electron chi connectivity index (χ1n) is 6.79. The van der Waals surface area contributed by atoms with Gasteiger partial charge >= 0.3 is 0 Å². The van der Waals surface area contributed by atoms with Crippen molar-refractivity contribution in [3.63, 3.8) is 0 Å². The number of hydrogen-bond acceptors (Lipinski definition) is 3. The van der Waals surface area contributed by atoms with E-state index in [0.717, 1.165) is 42.9 Å². The summed E-state index contributed by atoms with van der Waals surface area (Å²) in [5.74, 6) is 0.929. The number of likely N-dealkylation sites (tertiary alicyclic amines) is 1. The minimum atomic E-state index is 0.169. The molecule has 1 aliphatic heterocycles. The van der Waals surface area contributed by atoms with Crippen molar-refractivity contribution in [1.82, 2.24) is 20.0 Å². The normalized spacial score (nSPS) is 16.8. The summed E-state index contributed by atoms with van der Waals surface area (Å²) in [4.78, 5) is 14.1. The van der Waals surface area contributed by atoms with Crippen LogP contribution in [0, 0.1) is 5.92 Å². The number of halogens is 1. The van der Waals surface area contributed by atoms with Crippen molar-refractivity contribution in [2.75, 3.05) is 26.7 Å². The molecule has 1 fully saturated rings. The van der Waals surface area contributed by atoms with Gasteiger partial charge in [0.1, 0.15) is 6.54 Å². The summed E-state index contributed by atoms with van der Waals surface area (Å²) in [6.07, 6.45) is 6.99. The van der Waals surface area contributed by atoms with E-state index in [2.05, 4.69) is 26.3 Å². The first-order valence-corrected chi connectivity index (χ1v) is 7.58. The van der Waals surface area contributed by atoms with Crippen LogP contribution in [-0.2, 0) is 11.3 Å². The van der Waals surface area contributed by atoms with Crippen molar-refractivity contribution in [1.29, 1.82) is 0 Å². The fourth-order valence-electron chi connectivity index (χ4n) is 2.48. The van der Waals surface area contributed by atoms with Crippen LogP contribution < -0.4 is 5.32 Å². The van der Waals surface area contributed by atoms with E-state index in [4.69, 9.17) is 0 Å². The minimum absolute atomic E-state index is 0.169. The molecule has 0 spiro atoms. The molecule has 0 unspecified atom stereocenters. The van der Waals surface area contributed by atoms with Gasteiger partial charge in [-0.1, -0.05) is 0 Å².